The molecule has 64 valence electrons. The number of hydrogen-bond acceptors (Lipinski definition) is 2. The third-order valence-corrected chi connectivity index (χ3v) is 1.89. The second-order valence-corrected chi connectivity index (χ2v) is 2.87. The molecule has 0 radical (unpaired) electrons. The first-order chi connectivity index (χ1) is 4.92. The molecule has 0 saturated heterocycles. The van der Waals surface area contributed by atoms with E-state index >= 15 is 0 Å². The Morgan fingerprint density at radius 1 is 1.55 bits per heavy atom. The minimum Gasteiger partial charge on any atom is -0.481 e. The molecule has 0 aromatic carbocycles. The maximum absolute atomic E-state index is 12.5. The van der Waals surface area contributed by atoms with Crippen LogP contribution in [0.15, 0.2) is 0 Å². The quantitative estimate of drug-likeness (QED) is 0.592. The normalized spacial score (nSPS) is 35.5. The number of nitrogens with two attached hydrogens (primary N) is 1. The zero-order valence-corrected chi connectivity index (χ0v) is 5.76. The Morgan fingerprint density at radius 2 is 2.09 bits per heavy atom. The number of hydrogen-bond donors (Lipinski definition) is 2. The SMILES string of the molecule is N[C@H]1CC(F)(F)C[C@H]1C(=O)O. The van der Waals surface area contributed by atoms with E-state index in [1.54, 1.807) is 0 Å². The predicted molar refractivity (Wildman–Crippen MR) is 33.3 cm³/mol. The molecule has 3 N–H and O–H groups in total. The van der Waals surface area contributed by atoms with Crippen LogP contribution in [0, 0.1) is 5.92 Å². The Hall–Kier alpha value is -0.710. The summed E-state index contributed by atoms with van der Waals surface area (Å²) in [6.07, 6.45) is -1.13. The summed E-state index contributed by atoms with van der Waals surface area (Å²) in [7, 11) is 0. The topological polar surface area (TPSA) is 63.3 Å². The Morgan fingerprint density at radius 3 is 2.27 bits per heavy atom. The molecule has 0 bridgehead atoms. The molecule has 1 aliphatic carbocycles. The lowest BCUT2D eigenvalue weighted by Crippen LogP contribution is -2.30. The highest BCUT2D eigenvalue weighted by molar-refractivity contribution is 5.71. The van der Waals surface area contributed by atoms with Crippen LogP contribution in [0.3, 0.4) is 0 Å². The van der Waals surface area contributed by atoms with Gasteiger partial charge in [-0.2, -0.15) is 0 Å². The highest BCUT2D eigenvalue weighted by Crippen LogP contribution is 2.38. The van der Waals surface area contributed by atoms with Crippen molar-refractivity contribution in [3.63, 3.8) is 0 Å². The van der Waals surface area contributed by atoms with Crippen LogP contribution in [-0.4, -0.2) is 23.0 Å². The minimum atomic E-state index is -2.89. The summed E-state index contributed by atoms with van der Waals surface area (Å²) >= 11 is 0. The average Bonchev–Trinajstić information content (AvgIpc) is 2.05. The summed E-state index contributed by atoms with van der Waals surface area (Å²) in [6.45, 7) is 0. The van der Waals surface area contributed by atoms with Gasteiger partial charge in [0.05, 0.1) is 5.92 Å². The van der Waals surface area contributed by atoms with E-state index in [9.17, 15) is 13.6 Å². The maximum atomic E-state index is 12.5. The van der Waals surface area contributed by atoms with Crippen LogP contribution in [0.2, 0.25) is 0 Å². The molecule has 5 heteroatoms. The number of carbonyl (C=O) groups is 1. The molecular formula is C6H9F2NO2. The molecule has 0 aromatic heterocycles. The third-order valence-electron chi connectivity index (χ3n) is 1.89. The van der Waals surface area contributed by atoms with E-state index in [0.29, 0.717) is 0 Å². The zero-order chi connectivity index (χ0) is 8.65. The van der Waals surface area contributed by atoms with E-state index in [4.69, 9.17) is 10.8 Å². The molecule has 1 aliphatic rings. The van der Waals surface area contributed by atoms with Crippen LogP contribution in [0.1, 0.15) is 12.8 Å². The molecule has 0 aromatic rings. The Kier molecular flexibility index (Phi) is 1.83. The molecule has 1 fully saturated rings. The lowest BCUT2D eigenvalue weighted by Gasteiger charge is -2.06. The number of aliphatic carboxylic acids is 1. The summed E-state index contributed by atoms with van der Waals surface area (Å²) in [5, 5.41) is 8.40. The molecule has 0 spiro atoms. The number of carboxylic acids is 1. The Balaban J connectivity index is 2.66. The fraction of sp³-hybridized carbons (Fsp3) is 0.833. The standard InChI is InChI=1S/C6H9F2NO2/c7-6(8)1-3(5(10)11)4(9)2-6/h3-4H,1-2,9H2,(H,10,11)/t3-,4+/m1/s1. The van der Waals surface area contributed by atoms with Crippen LogP contribution in [-0.2, 0) is 4.79 Å². The number of carboxylic acid groups (broad SMARTS) is 1. The van der Waals surface area contributed by atoms with E-state index in [2.05, 4.69) is 0 Å². The lowest BCUT2D eigenvalue weighted by molar-refractivity contribution is -0.142. The van der Waals surface area contributed by atoms with E-state index in [1.165, 1.54) is 0 Å². The van der Waals surface area contributed by atoms with Gasteiger partial charge in [0.25, 0.3) is 5.92 Å². The molecule has 3 nitrogen and oxygen atoms in total. The molecule has 0 amide bonds. The largest absolute Gasteiger partial charge is 0.481 e. The van der Waals surface area contributed by atoms with Crippen LogP contribution in [0.5, 0.6) is 0 Å². The van der Waals surface area contributed by atoms with E-state index < -0.39 is 36.7 Å². The van der Waals surface area contributed by atoms with E-state index in [-0.39, 0.29) is 0 Å². The smallest absolute Gasteiger partial charge is 0.308 e. The van der Waals surface area contributed by atoms with Gasteiger partial charge in [0.2, 0.25) is 0 Å². The van der Waals surface area contributed by atoms with Gasteiger partial charge in [-0.3, -0.25) is 4.79 Å². The molecular weight excluding hydrogens is 156 g/mol. The maximum Gasteiger partial charge on any atom is 0.308 e. The van der Waals surface area contributed by atoms with Crippen molar-refractivity contribution in [3.05, 3.63) is 0 Å². The van der Waals surface area contributed by atoms with Gasteiger partial charge < -0.3 is 10.8 Å². The van der Waals surface area contributed by atoms with Crippen molar-refractivity contribution in [1.29, 1.82) is 0 Å². The van der Waals surface area contributed by atoms with Crippen LogP contribution in [0.4, 0.5) is 8.78 Å². The van der Waals surface area contributed by atoms with Gasteiger partial charge in [-0.05, 0) is 0 Å². The molecule has 0 aliphatic heterocycles. The summed E-state index contributed by atoms with van der Waals surface area (Å²) in [5.41, 5.74) is 5.19. The highest BCUT2D eigenvalue weighted by Gasteiger charge is 2.47. The van der Waals surface area contributed by atoms with Gasteiger partial charge in [-0.15, -0.1) is 0 Å². The molecule has 0 heterocycles. The van der Waals surface area contributed by atoms with E-state index in [0.717, 1.165) is 0 Å². The van der Waals surface area contributed by atoms with Crippen molar-refractivity contribution < 1.29 is 18.7 Å². The van der Waals surface area contributed by atoms with Crippen molar-refractivity contribution in [1.82, 2.24) is 0 Å². The van der Waals surface area contributed by atoms with Crippen LogP contribution >= 0.6 is 0 Å². The monoisotopic (exact) mass is 165 g/mol. The van der Waals surface area contributed by atoms with E-state index in [1.807, 2.05) is 0 Å². The third kappa shape index (κ3) is 1.65. The molecule has 1 rings (SSSR count). The zero-order valence-electron chi connectivity index (χ0n) is 5.76. The Labute approximate surface area is 62.2 Å². The Bertz CT molecular complexity index is 183. The minimum absolute atomic E-state index is 0.510. The molecule has 11 heavy (non-hydrogen) atoms. The first-order valence-electron chi connectivity index (χ1n) is 3.28. The number of rotatable bonds is 1. The first kappa shape index (κ1) is 8.39. The first-order valence-corrected chi connectivity index (χ1v) is 3.28. The summed E-state index contributed by atoms with van der Waals surface area (Å²) in [5.74, 6) is -5.19. The summed E-state index contributed by atoms with van der Waals surface area (Å²) in [6, 6.07) is -0.900. The second-order valence-electron chi connectivity index (χ2n) is 2.87. The van der Waals surface area contributed by atoms with Crippen molar-refractivity contribution in [2.24, 2.45) is 11.7 Å². The van der Waals surface area contributed by atoms with Gasteiger partial charge in [-0.25, -0.2) is 8.78 Å². The molecule has 0 unspecified atom stereocenters. The van der Waals surface area contributed by atoms with Gasteiger partial charge in [-0.1, -0.05) is 0 Å². The fourth-order valence-corrected chi connectivity index (χ4v) is 1.31. The van der Waals surface area contributed by atoms with Gasteiger partial charge in [0, 0.05) is 18.9 Å². The van der Waals surface area contributed by atoms with Crippen LogP contribution < -0.4 is 5.73 Å². The van der Waals surface area contributed by atoms with Crippen molar-refractivity contribution in [2.45, 2.75) is 24.8 Å². The summed E-state index contributed by atoms with van der Waals surface area (Å²) < 4.78 is 24.9. The van der Waals surface area contributed by atoms with Crippen molar-refractivity contribution >= 4 is 5.97 Å². The number of alkyl halides is 2. The van der Waals surface area contributed by atoms with Gasteiger partial charge in [0.15, 0.2) is 0 Å². The molecule has 1 saturated carbocycles. The number of halogens is 2. The van der Waals surface area contributed by atoms with Crippen molar-refractivity contribution in [3.8, 4) is 0 Å². The van der Waals surface area contributed by atoms with Gasteiger partial charge >= 0.3 is 5.97 Å². The van der Waals surface area contributed by atoms with Crippen LogP contribution in [0.25, 0.3) is 0 Å². The second kappa shape index (κ2) is 2.41. The molecule has 2 atom stereocenters. The average molecular weight is 165 g/mol. The fourth-order valence-electron chi connectivity index (χ4n) is 1.31. The van der Waals surface area contributed by atoms with Crippen molar-refractivity contribution in [2.75, 3.05) is 0 Å². The predicted octanol–water partition coefficient (Wildman–Crippen LogP) is 0.444. The summed E-state index contributed by atoms with van der Waals surface area (Å²) in [4.78, 5) is 10.3. The van der Waals surface area contributed by atoms with Gasteiger partial charge in [0.1, 0.15) is 0 Å². The lowest BCUT2D eigenvalue weighted by atomic mass is 10.1. The highest BCUT2D eigenvalue weighted by atomic mass is 19.3.